The normalized spacial score (nSPS) is 11.0. The van der Waals surface area contributed by atoms with Crippen LogP contribution in [0.3, 0.4) is 0 Å². The van der Waals surface area contributed by atoms with Crippen LogP contribution in [0.2, 0.25) is 5.02 Å². The Morgan fingerprint density at radius 1 is 1.23 bits per heavy atom. The third-order valence-electron chi connectivity index (χ3n) is 4.27. The number of benzene rings is 2. The predicted octanol–water partition coefficient (Wildman–Crippen LogP) is 4.02. The summed E-state index contributed by atoms with van der Waals surface area (Å²) in [6.45, 7) is 5.39. The first-order valence-corrected chi connectivity index (χ1v) is 8.66. The van der Waals surface area contributed by atoms with Gasteiger partial charge in [-0.3, -0.25) is 19.8 Å². The van der Waals surface area contributed by atoms with Crippen molar-refractivity contribution in [2.24, 2.45) is 0 Å². The monoisotopic (exact) mass is 375 g/mol. The zero-order valence-electron chi connectivity index (χ0n) is 15.0. The number of hydrogen-bond acceptors (Lipinski definition) is 4. The molecule has 0 fully saturated rings. The van der Waals surface area contributed by atoms with Gasteiger partial charge in [-0.15, -0.1) is 0 Å². The molecule has 0 spiro atoms. The number of non-ortho nitro benzene ring substituents is 1. The molecule has 0 saturated carbocycles. The minimum absolute atomic E-state index is 0.0597. The summed E-state index contributed by atoms with van der Waals surface area (Å²) in [6, 6.07) is 12.2. The minimum Gasteiger partial charge on any atom is -0.348 e. The second-order valence-corrected chi connectivity index (χ2v) is 6.79. The molecule has 26 heavy (non-hydrogen) atoms. The summed E-state index contributed by atoms with van der Waals surface area (Å²) >= 11 is 6.01. The molecule has 0 bridgehead atoms. The van der Waals surface area contributed by atoms with Crippen molar-refractivity contribution in [3.05, 3.63) is 74.3 Å². The van der Waals surface area contributed by atoms with Gasteiger partial charge in [0.2, 0.25) is 0 Å². The maximum atomic E-state index is 12.4. The Hall–Kier alpha value is -2.44. The number of amides is 1. The van der Waals surface area contributed by atoms with Crippen LogP contribution in [-0.2, 0) is 13.1 Å². The molecule has 2 aromatic carbocycles. The van der Waals surface area contributed by atoms with Crippen LogP contribution in [0.25, 0.3) is 0 Å². The van der Waals surface area contributed by atoms with Gasteiger partial charge in [0.15, 0.2) is 0 Å². The highest BCUT2D eigenvalue weighted by molar-refractivity contribution is 6.34. The summed E-state index contributed by atoms with van der Waals surface area (Å²) in [7, 11) is 2.05. The molecular weight excluding hydrogens is 354 g/mol. The van der Waals surface area contributed by atoms with Crippen molar-refractivity contribution < 1.29 is 9.72 Å². The lowest BCUT2D eigenvalue weighted by Crippen LogP contribution is -2.27. The van der Waals surface area contributed by atoms with Gasteiger partial charge >= 0.3 is 0 Å². The Morgan fingerprint density at radius 2 is 1.88 bits per heavy atom. The molecule has 0 atom stereocenters. The maximum Gasteiger partial charge on any atom is 0.270 e. The number of nitrogens with zero attached hydrogens (tertiary/aromatic N) is 2. The quantitative estimate of drug-likeness (QED) is 0.585. The molecule has 138 valence electrons. The van der Waals surface area contributed by atoms with Crippen LogP contribution in [-0.4, -0.2) is 28.8 Å². The average Bonchev–Trinajstić information content (AvgIpc) is 2.60. The van der Waals surface area contributed by atoms with Gasteiger partial charge in [-0.2, -0.15) is 0 Å². The predicted molar refractivity (Wildman–Crippen MR) is 102 cm³/mol. The fourth-order valence-corrected chi connectivity index (χ4v) is 2.67. The van der Waals surface area contributed by atoms with E-state index in [1.807, 2.05) is 24.3 Å². The van der Waals surface area contributed by atoms with Gasteiger partial charge in [-0.1, -0.05) is 35.9 Å². The molecule has 1 amide bonds. The third kappa shape index (κ3) is 5.03. The summed E-state index contributed by atoms with van der Waals surface area (Å²) in [4.78, 5) is 24.8. The zero-order valence-corrected chi connectivity index (χ0v) is 15.8. The van der Waals surface area contributed by atoms with E-state index in [-0.39, 0.29) is 22.2 Å². The Morgan fingerprint density at radius 3 is 2.46 bits per heavy atom. The Labute approximate surface area is 157 Å². The lowest BCUT2D eigenvalue weighted by Gasteiger charge is -2.22. The fourth-order valence-electron chi connectivity index (χ4n) is 2.41. The van der Waals surface area contributed by atoms with Crippen LogP contribution in [0.1, 0.15) is 35.3 Å². The fraction of sp³-hybridized carbons (Fsp3) is 0.316. The topological polar surface area (TPSA) is 75.5 Å². The molecule has 0 aliphatic carbocycles. The van der Waals surface area contributed by atoms with E-state index in [0.29, 0.717) is 12.6 Å². The summed E-state index contributed by atoms with van der Waals surface area (Å²) < 4.78 is 0. The molecule has 0 radical (unpaired) electrons. The van der Waals surface area contributed by atoms with Gasteiger partial charge < -0.3 is 5.32 Å². The third-order valence-corrected chi connectivity index (χ3v) is 4.58. The molecule has 0 aromatic heterocycles. The summed E-state index contributed by atoms with van der Waals surface area (Å²) in [6.07, 6.45) is 0. The number of rotatable bonds is 7. The Balaban J connectivity index is 2.09. The SMILES string of the molecule is CC(C)N(C)Cc1ccccc1CNC(=O)c1ccc([N+](=O)[O-])cc1Cl. The number of nitro groups is 1. The van der Waals surface area contributed by atoms with Gasteiger partial charge in [0, 0.05) is 31.3 Å². The largest absolute Gasteiger partial charge is 0.348 e. The number of carbonyl (C=O) groups is 1. The highest BCUT2D eigenvalue weighted by atomic mass is 35.5. The van der Waals surface area contributed by atoms with E-state index in [4.69, 9.17) is 11.6 Å². The van der Waals surface area contributed by atoms with Crippen LogP contribution in [0.5, 0.6) is 0 Å². The molecule has 6 nitrogen and oxygen atoms in total. The molecule has 2 rings (SSSR count). The van der Waals surface area contributed by atoms with Crippen LogP contribution in [0, 0.1) is 10.1 Å². The van der Waals surface area contributed by atoms with Crippen LogP contribution in [0.15, 0.2) is 42.5 Å². The molecule has 7 heteroatoms. The van der Waals surface area contributed by atoms with E-state index in [1.165, 1.54) is 18.2 Å². The number of halogens is 1. The van der Waals surface area contributed by atoms with Crippen LogP contribution in [0.4, 0.5) is 5.69 Å². The van der Waals surface area contributed by atoms with E-state index in [0.717, 1.165) is 17.7 Å². The van der Waals surface area contributed by atoms with Crippen molar-refractivity contribution in [1.82, 2.24) is 10.2 Å². The van der Waals surface area contributed by atoms with E-state index < -0.39 is 4.92 Å². The minimum atomic E-state index is -0.547. The number of nitro benzene ring substituents is 1. The van der Waals surface area contributed by atoms with E-state index >= 15 is 0 Å². The van der Waals surface area contributed by atoms with Crippen LogP contribution >= 0.6 is 11.6 Å². The number of carbonyl (C=O) groups excluding carboxylic acids is 1. The smallest absolute Gasteiger partial charge is 0.270 e. The van der Waals surface area contributed by atoms with Crippen molar-refractivity contribution in [3.63, 3.8) is 0 Å². The second-order valence-electron chi connectivity index (χ2n) is 6.38. The molecular formula is C19H22ClN3O3. The van der Waals surface area contributed by atoms with Gasteiger partial charge in [-0.05, 0) is 38.1 Å². The van der Waals surface area contributed by atoms with Crippen molar-refractivity contribution in [2.45, 2.75) is 33.0 Å². The molecule has 0 aliphatic rings. The van der Waals surface area contributed by atoms with E-state index in [9.17, 15) is 14.9 Å². The number of hydrogen-bond donors (Lipinski definition) is 1. The molecule has 0 heterocycles. The summed E-state index contributed by atoms with van der Waals surface area (Å²) in [5, 5.41) is 13.7. The lowest BCUT2D eigenvalue weighted by atomic mass is 10.1. The highest BCUT2D eigenvalue weighted by Crippen LogP contribution is 2.22. The molecule has 1 N–H and O–H groups in total. The highest BCUT2D eigenvalue weighted by Gasteiger charge is 2.15. The van der Waals surface area contributed by atoms with Crippen molar-refractivity contribution >= 4 is 23.2 Å². The van der Waals surface area contributed by atoms with Gasteiger partial charge in [0.1, 0.15) is 0 Å². The molecule has 0 unspecified atom stereocenters. The lowest BCUT2D eigenvalue weighted by molar-refractivity contribution is -0.384. The van der Waals surface area contributed by atoms with Gasteiger partial charge in [0.05, 0.1) is 15.5 Å². The first kappa shape index (κ1) is 19.9. The van der Waals surface area contributed by atoms with Crippen molar-refractivity contribution in [3.8, 4) is 0 Å². The van der Waals surface area contributed by atoms with Gasteiger partial charge in [-0.25, -0.2) is 0 Å². The van der Waals surface area contributed by atoms with Crippen molar-refractivity contribution in [2.75, 3.05) is 7.05 Å². The number of nitrogens with one attached hydrogen (secondary N) is 1. The van der Waals surface area contributed by atoms with Crippen LogP contribution < -0.4 is 5.32 Å². The summed E-state index contributed by atoms with van der Waals surface area (Å²) in [5.41, 5.74) is 2.23. The average molecular weight is 376 g/mol. The first-order chi connectivity index (χ1) is 12.3. The molecule has 0 aliphatic heterocycles. The second kappa shape index (κ2) is 8.78. The maximum absolute atomic E-state index is 12.4. The van der Waals surface area contributed by atoms with Gasteiger partial charge in [0.25, 0.3) is 11.6 Å². The van der Waals surface area contributed by atoms with Crippen molar-refractivity contribution in [1.29, 1.82) is 0 Å². The van der Waals surface area contributed by atoms with E-state index in [2.05, 4.69) is 31.1 Å². The molecule has 2 aromatic rings. The zero-order chi connectivity index (χ0) is 19.3. The standard InChI is InChI=1S/C19H22ClN3O3/c1-13(2)22(3)12-15-7-5-4-6-14(15)11-21-19(24)17-9-8-16(23(25)26)10-18(17)20/h4-10,13H,11-12H2,1-3H3,(H,21,24). The Kier molecular flexibility index (Phi) is 6.71. The van der Waals surface area contributed by atoms with E-state index in [1.54, 1.807) is 0 Å². The first-order valence-electron chi connectivity index (χ1n) is 8.28. The Bertz CT molecular complexity index is 808. The molecule has 0 saturated heterocycles. The summed E-state index contributed by atoms with van der Waals surface area (Å²) in [5.74, 6) is -0.364.